The second-order valence-corrected chi connectivity index (χ2v) is 3.26. The van der Waals surface area contributed by atoms with Gasteiger partial charge in [-0.15, -0.1) is 0 Å². The monoisotopic (exact) mass is 144 g/mol. The Kier molecular flexibility index (Phi) is 1.23. The van der Waals surface area contributed by atoms with Crippen LogP contribution < -0.4 is 0 Å². The van der Waals surface area contributed by atoms with Crippen molar-refractivity contribution in [2.75, 3.05) is 0 Å². The maximum atomic E-state index is 8.73. The maximum absolute atomic E-state index is 8.73. The highest BCUT2D eigenvalue weighted by Crippen LogP contribution is 2.47. The van der Waals surface area contributed by atoms with Gasteiger partial charge in [-0.05, 0) is 31.1 Å². The van der Waals surface area contributed by atoms with Crippen LogP contribution in [-0.2, 0) is 0 Å². The number of allylic oxidation sites excluding steroid dienone is 2. The normalized spacial score (nSPS) is 33.6. The molecule has 2 heteroatoms. The van der Waals surface area contributed by atoms with Gasteiger partial charge in [0, 0.05) is 11.1 Å². The lowest BCUT2D eigenvalue weighted by Crippen LogP contribution is -1.99. The molecule has 0 unspecified atom stereocenters. The fraction of sp³-hybridized carbons (Fsp3) is 0.556. The summed E-state index contributed by atoms with van der Waals surface area (Å²) in [6.07, 6.45) is 3.31. The highest BCUT2D eigenvalue weighted by Gasteiger charge is 2.39. The molecule has 0 aliphatic heterocycles. The Hall–Kier alpha value is -1.28. The van der Waals surface area contributed by atoms with Gasteiger partial charge in [0.05, 0.1) is 12.1 Å². The van der Waals surface area contributed by atoms with Crippen LogP contribution in [0.25, 0.3) is 0 Å². The van der Waals surface area contributed by atoms with Gasteiger partial charge in [0.15, 0.2) is 0 Å². The van der Waals surface area contributed by atoms with Crippen LogP contribution in [0.2, 0.25) is 0 Å². The molecule has 2 rings (SSSR count). The predicted molar refractivity (Wildman–Crippen MR) is 39.1 cm³/mol. The summed E-state index contributed by atoms with van der Waals surface area (Å²) in [5, 5.41) is 17.5. The minimum atomic E-state index is 0.430. The molecule has 2 aliphatic rings. The van der Waals surface area contributed by atoms with Crippen molar-refractivity contribution in [1.82, 2.24) is 0 Å². The van der Waals surface area contributed by atoms with Crippen LogP contribution in [-0.4, -0.2) is 0 Å². The highest BCUT2D eigenvalue weighted by atomic mass is 14.4. The molecule has 1 fully saturated rings. The van der Waals surface area contributed by atoms with Gasteiger partial charge in [-0.2, -0.15) is 10.5 Å². The summed E-state index contributed by atoms with van der Waals surface area (Å²) < 4.78 is 0. The minimum absolute atomic E-state index is 0.430. The zero-order valence-corrected chi connectivity index (χ0v) is 6.17. The Bertz CT molecular complexity index is 271. The summed E-state index contributed by atoms with van der Waals surface area (Å²) in [7, 11) is 0. The highest BCUT2D eigenvalue weighted by molar-refractivity contribution is 5.45. The molecular formula is C9H8N2. The molecule has 0 aromatic rings. The van der Waals surface area contributed by atoms with Crippen molar-refractivity contribution >= 4 is 0 Å². The predicted octanol–water partition coefficient (Wildman–Crippen LogP) is 1.76. The molecule has 2 bridgehead atoms. The summed E-state index contributed by atoms with van der Waals surface area (Å²) in [6, 6.07) is 4.31. The van der Waals surface area contributed by atoms with Crippen molar-refractivity contribution in [1.29, 1.82) is 10.5 Å². The molecular weight excluding hydrogens is 136 g/mol. The first-order valence-corrected chi connectivity index (χ1v) is 3.91. The summed E-state index contributed by atoms with van der Waals surface area (Å²) in [4.78, 5) is 0. The van der Waals surface area contributed by atoms with Crippen LogP contribution in [0, 0.1) is 34.5 Å². The van der Waals surface area contributed by atoms with E-state index in [9.17, 15) is 0 Å². The van der Waals surface area contributed by atoms with E-state index in [1.165, 1.54) is 0 Å². The number of nitriles is 2. The lowest BCUT2D eigenvalue weighted by molar-refractivity contribution is 0.672. The van der Waals surface area contributed by atoms with E-state index in [1.807, 2.05) is 0 Å². The fourth-order valence-electron chi connectivity index (χ4n) is 2.25. The summed E-state index contributed by atoms with van der Waals surface area (Å²) in [5.41, 5.74) is 1.56. The molecule has 54 valence electrons. The van der Waals surface area contributed by atoms with Gasteiger partial charge in [-0.1, -0.05) is 0 Å². The Morgan fingerprint density at radius 3 is 1.82 bits per heavy atom. The average Bonchev–Trinajstić information content (AvgIpc) is 2.60. The third kappa shape index (κ3) is 0.700. The van der Waals surface area contributed by atoms with Crippen LogP contribution in [0.15, 0.2) is 11.1 Å². The molecule has 0 heterocycles. The third-order valence-electron chi connectivity index (χ3n) is 2.78. The lowest BCUT2D eigenvalue weighted by Gasteiger charge is -2.07. The van der Waals surface area contributed by atoms with Crippen molar-refractivity contribution in [2.45, 2.75) is 19.3 Å². The maximum Gasteiger partial charge on any atom is 0.0960 e. The van der Waals surface area contributed by atoms with Crippen LogP contribution in [0.4, 0.5) is 0 Å². The zero-order chi connectivity index (χ0) is 7.84. The average molecular weight is 144 g/mol. The smallest absolute Gasteiger partial charge is 0.0960 e. The van der Waals surface area contributed by atoms with E-state index >= 15 is 0 Å². The Morgan fingerprint density at radius 1 is 1.00 bits per heavy atom. The molecule has 0 radical (unpaired) electrons. The van der Waals surface area contributed by atoms with E-state index in [0.717, 1.165) is 30.4 Å². The molecule has 1 saturated carbocycles. The summed E-state index contributed by atoms with van der Waals surface area (Å²) in [6.45, 7) is 0. The second-order valence-electron chi connectivity index (χ2n) is 3.26. The first kappa shape index (κ1) is 6.43. The molecule has 0 aromatic carbocycles. The van der Waals surface area contributed by atoms with E-state index in [0.29, 0.717) is 11.8 Å². The quantitative estimate of drug-likeness (QED) is 0.520. The molecule has 2 aliphatic carbocycles. The first-order valence-electron chi connectivity index (χ1n) is 3.91. The van der Waals surface area contributed by atoms with Crippen molar-refractivity contribution in [2.24, 2.45) is 11.8 Å². The molecule has 2 atom stereocenters. The van der Waals surface area contributed by atoms with Crippen LogP contribution in [0.5, 0.6) is 0 Å². The number of hydrogen-bond donors (Lipinski definition) is 0. The minimum Gasteiger partial charge on any atom is -0.193 e. The first-order chi connectivity index (χ1) is 5.36. The van der Waals surface area contributed by atoms with Crippen molar-refractivity contribution in [3.05, 3.63) is 11.1 Å². The van der Waals surface area contributed by atoms with Crippen molar-refractivity contribution in [3.8, 4) is 12.1 Å². The molecule has 0 amide bonds. The largest absolute Gasteiger partial charge is 0.193 e. The van der Waals surface area contributed by atoms with Gasteiger partial charge in [-0.25, -0.2) is 0 Å². The number of nitrogens with zero attached hydrogens (tertiary/aromatic N) is 2. The lowest BCUT2D eigenvalue weighted by atomic mass is 9.93. The van der Waals surface area contributed by atoms with Gasteiger partial charge < -0.3 is 0 Å². The van der Waals surface area contributed by atoms with Gasteiger partial charge in [-0.3, -0.25) is 0 Å². The molecule has 2 nitrogen and oxygen atoms in total. The van der Waals surface area contributed by atoms with Crippen molar-refractivity contribution in [3.63, 3.8) is 0 Å². The number of hydrogen-bond acceptors (Lipinski definition) is 2. The molecule has 0 spiro atoms. The fourth-order valence-corrected chi connectivity index (χ4v) is 2.25. The van der Waals surface area contributed by atoms with Gasteiger partial charge in [0.1, 0.15) is 0 Å². The van der Waals surface area contributed by atoms with Gasteiger partial charge in [0.25, 0.3) is 0 Å². The number of fused-ring (bicyclic) bond motifs is 2. The Labute approximate surface area is 65.7 Å². The number of rotatable bonds is 0. The molecule has 0 aromatic heterocycles. The third-order valence-corrected chi connectivity index (χ3v) is 2.78. The van der Waals surface area contributed by atoms with Crippen LogP contribution in [0.1, 0.15) is 19.3 Å². The Morgan fingerprint density at radius 2 is 1.45 bits per heavy atom. The van der Waals surface area contributed by atoms with Crippen LogP contribution >= 0.6 is 0 Å². The van der Waals surface area contributed by atoms with E-state index in [1.54, 1.807) is 0 Å². The Balaban J connectivity index is 2.46. The van der Waals surface area contributed by atoms with E-state index in [2.05, 4.69) is 12.1 Å². The second kappa shape index (κ2) is 2.10. The van der Waals surface area contributed by atoms with Gasteiger partial charge >= 0.3 is 0 Å². The molecule has 0 N–H and O–H groups in total. The topological polar surface area (TPSA) is 47.6 Å². The van der Waals surface area contributed by atoms with Gasteiger partial charge in [0.2, 0.25) is 0 Å². The SMILES string of the molecule is N#CC1=C(C#N)[C@H]2CC[C@H]1C2. The molecule has 11 heavy (non-hydrogen) atoms. The van der Waals surface area contributed by atoms with E-state index in [4.69, 9.17) is 10.5 Å². The van der Waals surface area contributed by atoms with E-state index < -0.39 is 0 Å². The molecule has 0 saturated heterocycles. The van der Waals surface area contributed by atoms with Crippen LogP contribution in [0.3, 0.4) is 0 Å². The zero-order valence-electron chi connectivity index (χ0n) is 6.17. The van der Waals surface area contributed by atoms with Crippen molar-refractivity contribution < 1.29 is 0 Å². The summed E-state index contributed by atoms with van der Waals surface area (Å²) >= 11 is 0. The standard InChI is InChI=1S/C9H8N2/c10-4-8-6-1-2-7(3-6)9(8)5-11/h6-7H,1-3H2/t6-,7-/m0/s1. The van der Waals surface area contributed by atoms with E-state index in [-0.39, 0.29) is 0 Å². The summed E-state index contributed by atoms with van der Waals surface area (Å²) in [5.74, 6) is 0.860.